The van der Waals surface area contributed by atoms with Crippen LogP contribution in [0.3, 0.4) is 0 Å². The second-order valence-corrected chi connectivity index (χ2v) is 5.81. The predicted molar refractivity (Wildman–Crippen MR) is 86.3 cm³/mol. The van der Waals surface area contributed by atoms with Crippen molar-refractivity contribution in [2.45, 2.75) is 27.2 Å². The fraction of sp³-hybridized carbons (Fsp3) is 0.278. The highest BCUT2D eigenvalue weighted by Crippen LogP contribution is 2.24. The molecule has 2 aromatic rings. The molecule has 1 aromatic carbocycles. The molecule has 1 aliphatic rings. The Kier molecular flexibility index (Phi) is 3.97. The number of nitrogens with one attached hydrogen (secondary N) is 1. The summed E-state index contributed by atoms with van der Waals surface area (Å²) in [5.74, 6) is 0.141. The van der Waals surface area contributed by atoms with Crippen molar-refractivity contribution in [2.75, 3.05) is 11.9 Å². The van der Waals surface area contributed by atoms with E-state index >= 15 is 0 Å². The van der Waals surface area contributed by atoms with Gasteiger partial charge in [0.2, 0.25) is 5.91 Å². The first-order valence-electron chi connectivity index (χ1n) is 7.56. The molecule has 0 atom stereocenters. The molecule has 0 aliphatic carbocycles. The average molecular weight is 327 g/mol. The number of hydrogen-bond donors (Lipinski definition) is 1. The van der Waals surface area contributed by atoms with Gasteiger partial charge in [-0.2, -0.15) is 0 Å². The van der Waals surface area contributed by atoms with Gasteiger partial charge in [-0.15, -0.1) is 0 Å². The molecule has 1 N–H and O–H groups in total. The van der Waals surface area contributed by atoms with Crippen LogP contribution in [0, 0.1) is 20.8 Å². The molecule has 24 heavy (non-hydrogen) atoms. The fourth-order valence-corrected chi connectivity index (χ4v) is 2.78. The van der Waals surface area contributed by atoms with Gasteiger partial charge in [0.05, 0.1) is 6.42 Å². The van der Waals surface area contributed by atoms with Gasteiger partial charge in [-0.1, -0.05) is 0 Å². The van der Waals surface area contributed by atoms with Gasteiger partial charge in [-0.25, -0.2) is 4.79 Å². The number of Topliss-reactive ketones (excluding diaryl/α,β-unsaturated/α-hetero) is 1. The van der Waals surface area contributed by atoms with Gasteiger partial charge in [0.1, 0.15) is 17.1 Å². The van der Waals surface area contributed by atoms with Crippen LogP contribution in [-0.4, -0.2) is 24.3 Å². The number of furan rings is 1. The molecule has 0 spiro atoms. The lowest BCUT2D eigenvalue weighted by Gasteiger charge is -2.06. The number of benzene rings is 1. The normalized spacial score (nSPS) is 12.7. The van der Waals surface area contributed by atoms with Crippen molar-refractivity contribution in [2.24, 2.45) is 0 Å². The quantitative estimate of drug-likeness (QED) is 0.689. The van der Waals surface area contributed by atoms with Crippen molar-refractivity contribution in [3.8, 4) is 0 Å². The Morgan fingerprint density at radius 3 is 2.62 bits per heavy atom. The number of fused-ring (bicyclic) bond motifs is 1. The standard InChI is InChI=1S/C18H17NO5/c1-9-10(2)24-11(3)17(9)18(22)23-8-15(20)12-4-5-14-13(6-12)7-16(21)19-14/h4-6H,7-8H2,1-3H3,(H,19,21). The van der Waals surface area contributed by atoms with Crippen molar-refractivity contribution in [3.05, 3.63) is 52.0 Å². The van der Waals surface area contributed by atoms with Crippen molar-refractivity contribution in [3.63, 3.8) is 0 Å². The molecular weight excluding hydrogens is 310 g/mol. The maximum Gasteiger partial charge on any atom is 0.342 e. The number of anilines is 1. The third-order valence-electron chi connectivity index (χ3n) is 4.15. The van der Waals surface area contributed by atoms with Crippen LogP contribution < -0.4 is 5.32 Å². The minimum Gasteiger partial charge on any atom is -0.465 e. The zero-order valence-corrected chi connectivity index (χ0v) is 13.7. The third kappa shape index (κ3) is 2.82. The lowest BCUT2D eigenvalue weighted by molar-refractivity contribution is -0.115. The second-order valence-electron chi connectivity index (χ2n) is 5.81. The first-order chi connectivity index (χ1) is 11.4. The predicted octanol–water partition coefficient (Wildman–Crippen LogP) is 2.74. The number of aryl methyl sites for hydroxylation is 2. The Morgan fingerprint density at radius 2 is 1.96 bits per heavy atom. The van der Waals surface area contributed by atoms with E-state index in [0.29, 0.717) is 33.9 Å². The molecule has 0 saturated heterocycles. The van der Waals surface area contributed by atoms with E-state index in [1.165, 1.54) is 0 Å². The molecule has 124 valence electrons. The maximum absolute atomic E-state index is 12.2. The van der Waals surface area contributed by atoms with Crippen molar-refractivity contribution in [1.82, 2.24) is 0 Å². The summed E-state index contributed by atoms with van der Waals surface area (Å²) in [5.41, 5.74) is 2.98. The van der Waals surface area contributed by atoms with Crippen molar-refractivity contribution in [1.29, 1.82) is 0 Å². The van der Waals surface area contributed by atoms with Crippen LogP contribution in [0.5, 0.6) is 0 Å². The lowest BCUT2D eigenvalue weighted by Crippen LogP contribution is -2.15. The summed E-state index contributed by atoms with van der Waals surface area (Å²) in [6.07, 6.45) is 0.253. The van der Waals surface area contributed by atoms with Gasteiger partial charge in [-0.3, -0.25) is 9.59 Å². The Hall–Kier alpha value is -2.89. The molecule has 1 aliphatic heterocycles. The first-order valence-corrected chi connectivity index (χ1v) is 7.56. The highest BCUT2D eigenvalue weighted by molar-refractivity contribution is 6.03. The number of esters is 1. The highest BCUT2D eigenvalue weighted by atomic mass is 16.5. The van der Waals surface area contributed by atoms with Crippen LogP contribution in [0.4, 0.5) is 5.69 Å². The van der Waals surface area contributed by atoms with Gasteiger partial charge in [0.25, 0.3) is 0 Å². The van der Waals surface area contributed by atoms with Gasteiger partial charge in [-0.05, 0) is 44.5 Å². The van der Waals surface area contributed by atoms with Crippen LogP contribution in [-0.2, 0) is 16.0 Å². The van der Waals surface area contributed by atoms with Crippen LogP contribution >= 0.6 is 0 Å². The molecule has 0 radical (unpaired) electrons. The molecule has 1 aromatic heterocycles. The molecule has 0 unspecified atom stereocenters. The minimum absolute atomic E-state index is 0.0951. The summed E-state index contributed by atoms with van der Waals surface area (Å²) in [7, 11) is 0. The number of amides is 1. The molecule has 0 bridgehead atoms. The van der Waals surface area contributed by atoms with Gasteiger partial charge in [0.15, 0.2) is 12.4 Å². The summed E-state index contributed by atoms with van der Waals surface area (Å²) < 4.78 is 10.5. The Labute approximate surface area is 138 Å². The summed E-state index contributed by atoms with van der Waals surface area (Å²) in [6, 6.07) is 4.95. The van der Waals surface area contributed by atoms with E-state index in [2.05, 4.69) is 5.32 Å². The molecule has 0 fully saturated rings. The fourth-order valence-electron chi connectivity index (χ4n) is 2.78. The molecule has 2 heterocycles. The summed E-state index contributed by atoms with van der Waals surface area (Å²) in [6.45, 7) is 4.86. The van der Waals surface area contributed by atoms with Gasteiger partial charge >= 0.3 is 5.97 Å². The Balaban J connectivity index is 1.69. The number of ketones is 1. The van der Waals surface area contributed by atoms with E-state index in [1.807, 2.05) is 0 Å². The van der Waals surface area contributed by atoms with Crippen LogP contribution in [0.25, 0.3) is 0 Å². The first kappa shape index (κ1) is 16.0. The zero-order valence-electron chi connectivity index (χ0n) is 13.7. The van der Waals surface area contributed by atoms with Crippen LogP contribution in [0.15, 0.2) is 22.6 Å². The number of ether oxygens (including phenoxy) is 1. The van der Waals surface area contributed by atoms with Gasteiger partial charge < -0.3 is 14.5 Å². The SMILES string of the molecule is Cc1oc(C)c(C(=O)OCC(=O)c2ccc3c(c2)CC(=O)N3)c1C. The number of hydrogen-bond acceptors (Lipinski definition) is 5. The zero-order chi connectivity index (χ0) is 17.4. The molecule has 0 saturated carbocycles. The molecule has 1 amide bonds. The topological polar surface area (TPSA) is 85.6 Å². The maximum atomic E-state index is 12.2. The van der Waals surface area contributed by atoms with Gasteiger partial charge in [0, 0.05) is 16.8 Å². The third-order valence-corrected chi connectivity index (χ3v) is 4.15. The summed E-state index contributed by atoms with van der Waals surface area (Å²) in [4.78, 5) is 35.8. The van der Waals surface area contributed by atoms with Crippen LogP contribution in [0.2, 0.25) is 0 Å². The van der Waals surface area contributed by atoms with E-state index in [4.69, 9.17) is 9.15 Å². The second kappa shape index (κ2) is 5.96. The van der Waals surface area contributed by atoms with Crippen molar-refractivity contribution >= 4 is 23.3 Å². The lowest BCUT2D eigenvalue weighted by atomic mass is 10.1. The molecule has 6 nitrogen and oxygen atoms in total. The number of carbonyl (C=O) groups excluding carboxylic acids is 3. The van der Waals surface area contributed by atoms with E-state index in [0.717, 1.165) is 5.56 Å². The summed E-state index contributed by atoms with van der Waals surface area (Å²) >= 11 is 0. The van der Waals surface area contributed by atoms with E-state index in [-0.39, 0.29) is 24.7 Å². The highest BCUT2D eigenvalue weighted by Gasteiger charge is 2.22. The van der Waals surface area contributed by atoms with Crippen LogP contribution in [0.1, 0.15) is 43.4 Å². The summed E-state index contributed by atoms with van der Waals surface area (Å²) in [5, 5.41) is 2.70. The minimum atomic E-state index is -0.576. The van der Waals surface area contributed by atoms with E-state index in [9.17, 15) is 14.4 Å². The van der Waals surface area contributed by atoms with E-state index < -0.39 is 5.97 Å². The molecular formula is C18H17NO5. The Morgan fingerprint density at radius 1 is 1.21 bits per heavy atom. The number of rotatable bonds is 4. The smallest absolute Gasteiger partial charge is 0.342 e. The van der Waals surface area contributed by atoms with Crippen molar-refractivity contribution < 1.29 is 23.5 Å². The monoisotopic (exact) mass is 327 g/mol. The largest absolute Gasteiger partial charge is 0.465 e. The van der Waals surface area contributed by atoms with E-state index in [1.54, 1.807) is 39.0 Å². The Bertz CT molecular complexity index is 863. The number of carbonyl (C=O) groups is 3. The average Bonchev–Trinajstić information content (AvgIpc) is 3.02. The molecule has 6 heteroatoms. The molecule has 3 rings (SSSR count).